The van der Waals surface area contributed by atoms with Crippen LogP contribution in [0.2, 0.25) is 0 Å². The zero-order valence-corrected chi connectivity index (χ0v) is 11.6. The SMILES string of the molecule is O=C(CCc1ccco1)N1CCCCC1C1OCCO1. The summed E-state index contributed by atoms with van der Waals surface area (Å²) in [7, 11) is 0. The van der Waals surface area contributed by atoms with Crippen molar-refractivity contribution in [2.75, 3.05) is 19.8 Å². The number of carbonyl (C=O) groups is 1. The number of likely N-dealkylation sites (tertiary alicyclic amines) is 1. The number of aryl methyl sites for hydroxylation is 1. The van der Waals surface area contributed by atoms with Crippen molar-refractivity contribution in [1.82, 2.24) is 4.90 Å². The Hall–Kier alpha value is -1.33. The summed E-state index contributed by atoms with van der Waals surface area (Å²) in [5, 5.41) is 0. The highest BCUT2D eigenvalue weighted by Gasteiger charge is 2.35. The molecule has 1 atom stereocenters. The van der Waals surface area contributed by atoms with Gasteiger partial charge < -0.3 is 18.8 Å². The highest BCUT2D eigenvalue weighted by atomic mass is 16.7. The Morgan fingerprint density at radius 3 is 2.90 bits per heavy atom. The summed E-state index contributed by atoms with van der Waals surface area (Å²) >= 11 is 0. The monoisotopic (exact) mass is 279 g/mol. The molecule has 0 saturated carbocycles. The molecule has 0 spiro atoms. The Morgan fingerprint density at radius 1 is 1.30 bits per heavy atom. The lowest BCUT2D eigenvalue weighted by Gasteiger charge is -2.38. The van der Waals surface area contributed by atoms with Crippen LogP contribution in [0.15, 0.2) is 22.8 Å². The van der Waals surface area contributed by atoms with Crippen molar-refractivity contribution in [3.8, 4) is 0 Å². The summed E-state index contributed by atoms with van der Waals surface area (Å²) in [6.07, 6.45) is 5.72. The molecule has 3 heterocycles. The zero-order valence-electron chi connectivity index (χ0n) is 11.6. The van der Waals surface area contributed by atoms with Gasteiger partial charge in [-0.25, -0.2) is 0 Å². The third-order valence-electron chi connectivity index (χ3n) is 4.00. The van der Waals surface area contributed by atoms with Crippen molar-refractivity contribution >= 4 is 5.91 Å². The van der Waals surface area contributed by atoms with E-state index >= 15 is 0 Å². The molecule has 2 aliphatic heterocycles. The Labute approximate surface area is 118 Å². The summed E-state index contributed by atoms with van der Waals surface area (Å²) in [4.78, 5) is 14.4. The number of piperidine rings is 1. The first-order valence-corrected chi connectivity index (χ1v) is 7.39. The number of amides is 1. The van der Waals surface area contributed by atoms with Crippen molar-refractivity contribution in [1.29, 1.82) is 0 Å². The number of hydrogen-bond acceptors (Lipinski definition) is 4. The molecule has 5 nitrogen and oxygen atoms in total. The minimum absolute atomic E-state index is 0.0790. The summed E-state index contributed by atoms with van der Waals surface area (Å²) < 4.78 is 16.5. The molecule has 2 aliphatic rings. The molecule has 3 rings (SSSR count). The van der Waals surface area contributed by atoms with Gasteiger partial charge in [-0.3, -0.25) is 4.79 Å². The summed E-state index contributed by atoms with van der Waals surface area (Å²) in [6.45, 7) is 2.08. The molecule has 0 N–H and O–H groups in total. The number of rotatable bonds is 4. The lowest BCUT2D eigenvalue weighted by atomic mass is 10.0. The third-order valence-corrected chi connectivity index (χ3v) is 4.00. The summed E-state index contributed by atoms with van der Waals surface area (Å²) in [5.74, 6) is 1.03. The van der Waals surface area contributed by atoms with Crippen LogP contribution in [0.4, 0.5) is 0 Å². The Morgan fingerprint density at radius 2 is 2.15 bits per heavy atom. The van der Waals surface area contributed by atoms with E-state index in [-0.39, 0.29) is 18.2 Å². The molecule has 2 fully saturated rings. The maximum Gasteiger partial charge on any atom is 0.223 e. The van der Waals surface area contributed by atoms with Crippen molar-refractivity contribution < 1.29 is 18.7 Å². The molecule has 1 aromatic heterocycles. The molecule has 0 aliphatic carbocycles. The van der Waals surface area contributed by atoms with Crippen molar-refractivity contribution in [3.63, 3.8) is 0 Å². The summed E-state index contributed by atoms with van der Waals surface area (Å²) in [5.41, 5.74) is 0. The Kier molecular flexibility index (Phi) is 4.38. The largest absolute Gasteiger partial charge is 0.469 e. The van der Waals surface area contributed by atoms with E-state index in [0.29, 0.717) is 26.1 Å². The lowest BCUT2D eigenvalue weighted by molar-refractivity contribution is -0.150. The number of carbonyl (C=O) groups excluding carboxylic acids is 1. The Bertz CT molecular complexity index is 425. The average molecular weight is 279 g/mol. The number of nitrogens with zero attached hydrogens (tertiary/aromatic N) is 1. The van der Waals surface area contributed by atoms with E-state index in [0.717, 1.165) is 31.6 Å². The van der Waals surface area contributed by atoms with Crippen LogP contribution in [0.3, 0.4) is 0 Å². The highest BCUT2D eigenvalue weighted by molar-refractivity contribution is 5.76. The maximum atomic E-state index is 12.4. The van der Waals surface area contributed by atoms with Crippen LogP contribution < -0.4 is 0 Å². The highest BCUT2D eigenvalue weighted by Crippen LogP contribution is 2.25. The van der Waals surface area contributed by atoms with E-state index in [1.165, 1.54) is 0 Å². The molecule has 2 saturated heterocycles. The topological polar surface area (TPSA) is 51.9 Å². The van der Waals surface area contributed by atoms with Gasteiger partial charge in [0.05, 0.1) is 25.5 Å². The van der Waals surface area contributed by atoms with Gasteiger partial charge in [-0.2, -0.15) is 0 Å². The van der Waals surface area contributed by atoms with Gasteiger partial charge in [-0.1, -0.05) is 0 Å². The van der Waals surface area contributed by atoms with Gasteiger partial charge in [0, 0.05) is 19.4 Å². The minimum atomic E-state index is -0.233. The van der Waals surface area contributed by atoms with Crippen LogP contribution in [0.25, 0.3) is 0 Å². The predicted molar refractivity (Wildman–Crippen MR) is 72.1 cm³/mol. The fraction of sp³-hybridized carbons (Fsp3) is 0.667. The first kappa shape index (κ1) is 13.6. The first-order chi connectivity index (χ1) is 9.84. The van der Waals surface area contributed by atoms with Crippen LogP contribution in [0.5, 0.6) is 0 Å². The van der Waals surface area contributed by atoms with Crippen LogP contribution in [-0.2, 0) is 20.7 Å². The molecule has 5 heteroatoms. The van der Waals surface area contributed by atoms with Gasteiger partial charge in [-0.05, 0) is 31.4 Å². The second-order valence-electron chi connectivity index (χ2n) is 5.34. The van der Waals surface area contributed by atoms with Crippen molar-refractivity contribution in [2.24, 2.45) is 0 Å². The second-order valence-corrected chi connectivity index (χ2v) is 5.34. The molecule has 20 heavy (non-hydrogen) atoms. The molecule has 110 valence electrons. The fourth-order valence-electron chi connectivity index (χ4n) is 2.98. The lowest BCUT2D eigenvalue weighted by Crippen LogP contribution is -2.50. The number of hydrogen-bond donors (Lipinski definition) is 0. The van der Waals surface area contributed by atoms with Gasteiger partial charge in [-0.15, -0.1) is 0 Å². The second kappa shape index (κ2) is 6.41. The van der Waals surface area contributed by atoms with E-state index < -0.39 is 0 Å². The molecule has 0 radical (unpaired) electrons. The van der Waals surface area contributed by atoms with Crippen molar-refractivity contribution in [3.05, 3.63) is 24.2 Å². The standard InChI is InChI=1S/C15H21NO4/c17-14(7-6-12-4-3-9-18-12)16-8-2-1-5-13(16)15-19-10-11-20-15/h3-4,9,13,15H,1-2,5-8,10-11H2. The van der Waals surface area contributed by atoms with Gasteiger partial charge in [0.2, 0.25) is 5.91 Å². The van der Waals surface area contributed by atoms with Crippen LogP contribution in [0.1, 0.15) is 31.4 Å². The van der Waals surface area contributed by atoms with E-state index in [2.05, 4.69) is 0 Å². The van der Waals surface area contributed by atoms with Crippen LogP contribution in [-0.4, -0.2) is 42.9 Å². The van der Waals surface area contributed by atoms with Crippen molar-refractivity contribution in [2.45, 2.75) is 44.4 Å². The summed E-state index contributed by atoms with van der Waals surface area (Å²) in [6, 6.07) is 3.84. The molecular formula is C15H21NO4. The van der Waals surface area contributed by atoms with E-state index in [9.17, 15) is 4.79 Å². The minimum Gasteiger partial charge on any atom is -0.469 e. The molecule has 1 amide bonds. The van der Waals surface area contributed by atoms with Gasteiger partial charge in [0.15, 0.2) is 6.29 Å². The predicted octanol–water partition coefficient (Wildman–Crippen LogP) is 1.97. The molecule has 1 aromatic rings. The molecule has 0 aromatic carbocycles. The van der Waals surface area contributed by atoms with Gasteiger partial charge in [0.1, 0.15) is 5.76 Å². The average Bonchev–Trinajstić information content (AvgIpc) is 3.18. The zero-order chi connectivity index (χ0) is 13.8. The molecular weight excluding hydrogens is 258 g/mol. The van der Waals surface area contributed by atoms with E-state index in [1.54, 1.807) is 6.26 Å². The quantitative estimate of drug-likeness (QED) is 0.845. The van der Waals surface area contributed by atoms with Gasteiger partial charge in [0.25, 0.3) is 0 Å². The van der Waals surface area contributed by atoms with Gasteiger partial charge >= 0.3 is 0 Å². The van der Waals surface area contributed by atoms with E-state index in [1.807, 2.05) is 17.0 Å². The fourth-order valence-corrected chi connectivity index (χ4v) is 2.98. The van der Waals surface area contributed by atoms with E-state index in [4.69, 9.17) is 13.9 Å². The normalized spacial score (nSPS) is 24.2. The first-order valence-electron chi connectivity index (χ1n) is 7.39. The van der Waals surface area contributed by atoms with Crippen LogP contribution >= 0.6 is 0 Å². The van der Waals surface area contributed by atoms with Crippen LogP contribution in [0, 0.1) is 0 Å². The third kappa shape index (κ3) is 3.04. The Balaban J connectivity index is 1.58. The smallest absolute Gasteiger partial charge is 0.223 e. The molecule has 1 unspecified atom stereocenters. The number of ether oxygens (including phenoxy) is 2. The molecule has 0 bridgehead atoms. The number of furan rings is 1. The maximum absolute atomic E-state index is 12.4.